The van der Waals surface area contributed by atoms with Crippen molar-refractivity contribution in [3.05, 3.63) is 0 Å². The van der Waals surface area contributed by atoms with Crippen molar-refractivity contribution in [3.63, 3.8) is 0 Å². The number of nitrogens with zero attached hydrogens (tertiary/aromatic N) is 3. The zero-order chi connectivity index (χ0) is 13.4. The fourth-order valence-electron chi connectivity index (χ4n) is 0.878. The van der Waals surface area contributed by atoms with Gasteiger partial charge in [0.05, 0.1) is 0 Å². The summed E-state index contributed by atoms with van der Waals surface area (Å²) in [6.45, 7) is 3.81. The molecular weight excluding hydrogens is 224 g/mol. The van der Waals surface area contributed by atoms with Crippen LogP contribution >= 0.6 is 0 Å². The average molecular weight is 240 g/mol. The van der Waals surface area contributed by atoms with Gasteiger partial charge in [-0.25, -0.2) is 0 Å². The average Bonchev–Trinajstić information content (AvgIpc) is 2.15. The molecule has 0 amide bonds. The van der Waals surface area contributed by atoms with Crippen molar-refractivity contribution in [1.29, 1.82) is 0 Å². The summed E-state index contributed by atoms with van der Waals surface area (Å²) in [7, 11) is 0. The summed E-state index contributed by atoms with van der Waals surface area (Å²) >= 11 is 0. The first-order valence-electron chi connectivity index (χ1n) is 4.85. The van der Waals surface area contributed by atoms with Crippen molar-refractivity contribution in [2.45, 2.75) is 20.3 Å². The van der Waals surface area contributed by atoms with E-state index in [4.69, 9.17) is 17.2 Å². The highest BCUT2D eigenvalue weighted by molar-refractivity contribution is 6.24. The Morgan fingerprint density at radius 1 is 1.12 bits per heavy atom. The van der Waals surface area contributed by atoms with E-state index < -0.39 is 0 Å². The quantitative estimate of drug-likeness (QED) is 0.468. The summed E-state index contributed by atoms with van der Waals surface area (Å²) in [6.07, 6.45) is 0.753. The van der Waals surface area contributed by atoms with Crippen LogP contribution in [-0.4, -0.2) is 27.0 Å². The highest BCUT2D eigenvalue weighted by Crippen LogP contribution is 1.97. The van der Waals surface area contributed by atoms with Crippen molar-refractivity contribution >= 4 is 29.9 Å². The Morgan fingerprint density at radius 2 is 1.47 bits per heavy atom. The number of aldehydes is 1. The van der Waals surface area contributed by atoms with E-state index in [9.17, 15) is 9.59 Å². The Labute approximate surface area is 98.6 Å². The molecule has 0 radical (unpaired) electrons. The largest absolute Gasteiger partial charge is 0.368 e. The third-order valence-corrected chi connectivity index (χ3v) is 1.43. The second-order valence-corrected chi connectivity index (χ2v) is 3.59. The number of nitrogens with two attached hydrogens (primary N) is 3. The molecule has 0 aliphatic heterocycles. The van der Waals surface area contributed by atoms with Gasteiger partial charge in [0.15, 0.2) is 12.1 Å². The van der Waals surface area contributed by atoms with Gasteiger partial charge in [-0.15, -0.1) is 0 Å². The minimum Gasteiger partial charge on any atom is -0.368 e. The third kappa shape index (κ3) is 7.65. The molecule has 0 aliphatic carbocycles. The molecule has 0 aromatic carbocycles. The van der Waals surface area contributed by atoms with Gasteiger partial charge in [0.1, 0.15) is 0 Å². The van der Waals surface area contributed by atoms with Crippen LogP contribution in [0.3, 0.4) is 0 Å². The zero-order valence-corrected chi connectivity index (χ0v) is 9.75. The van der Waals surface area contributed by atoms with E-state index >= 15 is 0 Å². The van der Waals surface area contributed by atoms with E-state index in [1.54, 1.807) is 0 Å². The van der Waals surface area contributed by atoms with Crippen LogP contribution in [0.5, 0.6) is 0 Å². The Morgan fingerprint density at radius 3 is 1.65 bits per heavy atom. The van der Waals surface area contributed by atoms with Gasteiger partial charge in [0.2, 0.25) is 17.8 Å². The van der Waals surface area contributed by atoms with Crippen molar-refractivity contribution in [2.24, 2.45) is 5.92 Å². The number of nitrogen functional groups attached to an aromatic ring is 3. The number of carbonyl (C=O) groups is 2. The van der Waals surface area contributed by atoms with Gasteiger partial charge >= 0.3 is 0 Å². The van der Waals surface area contributed by atoms with Gasteiger partial charge in [-0.05, 0) is 5.92 Å². The smallest absolute Gasteiger partial charge is 0.226 e. The fraction of sp³-hybridized carbons (Fsp3) is 0.444. The minimum atomic E-state index is -0.306. The molecule has 0 atom stereocenters. The summed E-state index contributed by atoms with van der Waals surface area (Å²) < 4.78 is 0. The Bertz CT molecular complexity index is 343. The first-order valence-corrected chi connectivity index (χ1v) is 4.85. The lowest BCUT2D eigenvalue weighted by Gasteiger charge is -1.94. The molecule has 8 nitrogen and oxygen atoms in total. The number of Topliss-reactive ketones (excluding diaryl/α,β-unsaturated/α-hetero) is 1. The molecule has 0 fully saturated rings. The van der Waals surface area contributed by atoms with Crippen molar-refractivity contribution in [2.75, 3.05) is 17.2 Å². The zero-order valence-electron chi connectivity index (χ0n) is 9.75. The predicted octanol–water partition coefficient (Wildman–Crippen LogP) is -0.581. The minimum absolute atomic E-state index is 0.0417. The van der Waals surface area contributed by atoms with Crippen LogP contribution in [-0.2, 0) is 9.59 Å². The van der Waals surface area contributed by atoms with Gasteiger partial charge in [-0.1, -0.05) is 13.8 Å². The number of aromatic nitrogens is 3. The van der Waals surface area contributed by atoms with Gasteiger partial charge in [0.25, 0.3) is 0 Å². The normalized spacial score (nSPS) is 9.35. The molecule has 1 heterocycles. The van der Waals surface area contributed by atoms with Crippen molar-refractivity contribution in [3.8, 4) is 0 Å². The molecular formula is C9H16N6O2. The lowest BCUT2D eigenvalue weighted by Crippen LogP contribution is -2.05. The maximum atomic E-state index is 10.3. The van der Waals surface area contributed by atoms with E-state index in [2.05, 4.69) is 15.0 Å². The highest BCUT2D eigenvalue weighted by Gasteiger charge is 2.00. The predicted molar refractivity (Wildman–Crippen MR) is 63.6 cm³/mol. The fourth-order valence-corrected chi connectivity index (χ4v) is 0.878. The highest BCUT2D eigenvalue weighted by atomic mass is 16.2. The molecule has 0 unspecified atom stereocenters. The molecule has 6 N–H and O–H groups in total. The molecule has 8 heteroatoms. The Balaban J connectivity index is 0.000000304. The second-order valence-electron chi connectivity index (χ2n) is 3.59. The summed E-state index contributed by atoms with van der Waals surface area (Å²) in [4.78, 5) is 30.4. The van der Waals surface area contributed by atoms with E-state index in [0.717, 1.165) is 0 Å². The molecule has 0 saturated heterocycles. The van der Waals surface area contributed by atoms with Crippen LogP contribution in [0.1, 0.15) is 20.3 Å². The topological polar surface area (TPSA) is 151 Å². The first-order chi connectivity index (χ1) is 7.85. The molecule has 94 valence electrons. The maximum Gasteiger partial charge on any atom is 0.226 e. The first kappa shape index (κ1) is 14.8. The number of ketones is 1. The SMILES string of the molecule is CC(C)CC(=O)C=O.Nc1nc(N)nc(N)n1. The van der Waals surface area contributed by atoms with Crippen LogP contribution in [0.15, 0.2) is 0 Å². The standard InChI is InChI=1S/C6H10O2.C3H6N6/c1-5(2)3-6(8)4-7;4-1-7-2(5)9-3(6)8-1/h4-5H,3H2,1-2H3;(H6,4,5,6,7,8,9). The summed E-state index contributed by atoms with van der Waals surface area (Å²) in [5.74, 6) is 0.118. The molecule has 17 heavy (non-hydrogen) atoms. The molecule has 0 saturated carbocycles. The lowest BCUT2D eigenvalue weighted by molar-refractivity contribution is -0.130. The van der Waals surface area contributed by atoms with E-state index in [1.165, 1.54) is 0 Å². The number of hydrogen-bond acceptors (Lipinski definition) is 8. The van der Waals surface area contributed by atoms with Crippen LogP contribution in [0, 0.1) is 5.92 Å². The van der Waals surface area contributed by atoms with Crippen molar-refractivity contribution < 1.29 is 9.59 Å². The van der Waals surface area contributed by atoms with Crippen LogP contribution in [0.2, 0.25) is 0 Å². The molecule has 0 spiro atoms. The number of hydrogen-bond donors (Lipinski definition) is 3. The molecule has 1 aromatic heterocycles. The Kier molecular flexibility index (Phi) is 6.16. The number of carbonyl (C=O) groups excluding carboxylic acids is 2. The lowest BCUT2D eigenvalue weighted by atomic mass is 10.1. The number of anilines is 3. The second kappa shape index (κ2) is 7.09. The van der Waals surface area contributed by atoms with Crippen LogP contribution in [0.4, 0.5) is 17.8 Å². The third-order valence-electron chi connectivity index (χ3n) is 1.43. The van der Waals surface area contributed by atoms with Crippen molar-refractivity contribution in [1.82, 2.24) is 15.0 Å². The molecule has 0 bridgehead atoms. The summed E-state index contributed by atoms with van der Waals surface area (Å²) in [6, 6.07) is 0. The van der Waals surface area contributed by atoms with E-state index in [1.807, 2.05) is 13.8 Å². The van der Waals surface area contributed by atoms with Crippen LogP contribution < -0.4 is 17.2 Å². The molecule has 1 aromatic rings. The van der Waals surface area contributed by atoms with Gasteiger partial charge in [-0.2, -0.15) is 15.0 Å². The van der Waals surface area contributed by atoms with Gasteiger partial charge in [0, 0.05) is 6.42 Å². The van der Waals surface area contributed by atoms with E-state index in [-0.39, 0.29) is 23.6 Å². The molecule has 1 rings (SSSR count). The number of rotatable bonds is 3. The Hall–Kier alpha value is -2.25. The van der Waals surface area contributed by atoms with E-state index in [0.29, 0.717) is 18.6 Å². The molecule has 0 aliphatic rings. The van der Waals surface area contributed by atoms with Gasteiger partial charge in [-0.3, -0.25) is 9.59 Å². The monoisotopic (exact) mass is 240 g/mol. The maximum absolute atomic E-state index is 10.3. The summed E-state index contributed by atoms with van der Waals surface area (Å²) in [5, 5.41) is 0. The van der Waals surface area contributed by atoms with Crippen LogP contribution in [0.25, 0.3) is 0 Å². The van der Waals surface area contributed by atoms with Gasteiger partial charge < -0.3 is 17.2 Å². The summed E-state index contributed by atoms with van der Waals surface area (Å²) in [5.41, 5.74) is 15.4.